The molecule has 0 saturated heterocycles. The first kappa shape index (κ1) is 16.0. The number of alkyl halides is 1. The van der Waals surface area contributed by atoms with E-state index in [0.29, 0.717) is 12.3 Å². The molecular formula is C5H6BrClMg. The molecular weight excluding hydrogens is 200 g/mol. The molecule has 0 amide bonds. The molecule has 0 aromatic rings. The molecule has 0 aliphatic heterocycles. The van der Waals surface area contributed by atoms with E-state index in [-0.39, 0.29) is 40.0 Å². The largest absolute Gasteiger partial charge is 2.00 e. The van der Waals surface area contributed by atoms with E-state index in [9.17, 15) is 0 Å². The van der Waals surface area contributed by atoms with Gasteiger partial charge in [0.2, 0.25) is 0 Å². The third-order valence-corrected chi connectivity index (χ3v) is 0.703. The summed E-state index contributed by atoms with van der Waals surface area (Å²) in [5.41, 5.74) is 0. The Balaban J connectivity index is -0.000000125. The van der Waals surface area contributed by atoms with Crippen molar-refractivity contribution < 1.29 is 17.0 Å². The van der Waals surface area contributed by atoms with Crippen LogP contribution in [0.15, 0.2) is 0 Å². The summed E-state index contributed by atoms with van der Waals surface area (Å²) in [6.07, 6.45) is 7.98. The number of rotatable bonds is 2. The molecule has 0 unspecified atom stereocenters. The van der Waals surface area contributed by atoms with Crippen LogP contribution in [0.25, 0.3) is 0 Å². The van der Waals surface area contributed by atoms with Crippen LogP contribution < -0.4 is 17.0 Å². The van der Waals surface area contributed by atoms with E-state index in [4.69, 9.17) is 18.0 Å². The summed E-state index contributed by atoms with van der Waals surface area (Å²) in [6.45, 7) is 0. The molecule has 0 heterocycles. The molecule has 0 aliphatic carbocycles. The third kappa shape index (κ3) is 15.7. The van der Waals surface area contributed by atoms with Gasteiger partial charge >= 0.3 is 23.1 Å². The van der Waals surface area contributed by atoms with Gasteiger partial charge < -0.3 is 29.3 Å². The van der Waals surface area contributed by atoms with Crippen LogP contribution in [0.4, 0.5) is 0 Å². The number of halogens is 2. The Labute approximate surface area is 82.3 Å². The van der Waals surface area contributed by atoms with Crippen LogP contribution in [0, 0.1) is 12.3 Å². The van der Waals surface area contributed by atoms with Gasteiger partial charge in [0.15, 0.2) is 0 Å². The van der Waals surface area contributed by atoms with Crippen molar-refractivity contribution >= 4 is 34.7 Å². The zero-order valence-corrected chi connectivity index (χ0v) is 8.34. The van der Waals surface area contributed by atoms with Crippen molar-refractivity contribution in [1.29, 1.82) is 0 Å². The van der Waals surface area contributed by atoms with E-state index in [1.54, 1.807) is 0 Å². The van der Waals surface area contributed by atoms with E-state index in [2.05, 4.69) is 5.92 Å². The molecule has 0 fully saturated rings. The molecule has 0 bridgehead atoms. The Bertz CT molecular complexity index is 59.9. The summed E-state index contributed by atoms with van der Waals surface area (Å²) in [7, 11) is 0. The fourth-order valence-electron chi connectivity index (χ4n) is 0.155. The quantitative estimate of drug-likeness (QED) is 0.165. The summed E-state index contributed by atoms with van der Waals surface area (Å²) in [5.74, 6) is 2.88. The molecule has 0 radical (unpaired) electrons. The van der Waals surface area contributed by atoms with Crippen LogP contribution >= 0.6 is 11.6 Å². The van der Waals surface area contributed by atoms with Crippen molar-refractivity contribution in [2.24, 2.45) is 0 Å². The SMILES string of the molecule is [Br-].[C-]#CCCCCl.[Mg+2]. The summed E-state index contributed by atoms with van der Waals surface area (Å²) in [5, 5.41) is 0. The zero-order valence-electron chi connectivity index (χ0n) is 4.58. The van der Waals surface area contributed by atoms with E-state index in [1.807, 2.05) is 0 Å². The molecule has 0 N–H and O–H groups in total. The summed E-state index contributed by atoms with van der Waals surface area (Å²) < 4.78 is 0. The molecule has 0 atom stereocenters. The smallest absolute Gasteiger partial charge is 1.00 e. The van der Waals surface area contributed by atoms with Crippen molar-refractivity contribution in [2.45, 2.75) is 12.8 Å². The molecule has 0 aromatic carbocycles. The Hall–Kier alpha value is 1.10. The van der Waals surface area contributed by atoms with Crippen molar-refractivity contribution in [1.82, 2.24) is 0 Å². The maximum absolute atomic E-state index is 6.40. The van der Waals surface area contributed by atoms with Crippen molar-refractivity contribution in [3.63, 3.8) is 0 Å². The van der Waals surface area contributed by atoms with Crippen LogP contribution in [-0.2, 0) is 0 Å². The van der Waals surface area contributed by atoms with Crippen LogP contribution in [0.2, 0.25) is 0 Å². The van der Waals surface area contributed by atoms with Gasteiger partial charge in [0.1, 0.15) is 0 Å². The van der Waals surface area contributed by atoms with Gasteiger partial charge in [0.05, 0.1) is 0 Å². The molecule has 8 heavy (non-hydrogen) atoms. The standard InChI is InChI=1S/C5H6Cl.BrH.Mg/c1-2-3-4-5-6;;/h3-5H2;1H;/q-1;;+2/p-1. The van der Waals surface area contributed by atoms with Gasteiger partial charge in [-0.2, -0.15) is 0 Å². The maximum atomic E-state index is 6.40. The number of hydrogen-bond donors (Lipinski definition) is 0. The topological polar surface area (TPSA) is 0 Å². The molecule has 0 aromatic heterocycles. The summed E-state index contributed by atoms with van der Waals surface area (Å²) >= 11 is 5.26. The van der Waals surface area contributed by atoms with Gasteiger partial charge in [0, 0.05) is 5.88 Å². The fourth-order valence-corrected chi connectivity index (χ4v) is 0.289. The second kappa shape index (κ2) is 15.7. The van der Waals surface area contributed by atoms with Crippen molar-refractivity contribution in [2.75, 3.05) is 5.88 Å². The molecule has 0 nitrogen and oxygen atoms in total. The minimum absolute atomic E-state index is 0. The maximum Gasteiger partial charge on any atom is 2.00 e. The molecule has 3 heteroatoms. The van der Waals surface area contributed by atoms with E-state index >= 15 is 0 Å². The molecule has 0 aliphatic rings. The fraction of sp³-hybridized carbons (Fsp3) is 0.600. The molecule has 0 rings (SSSR count). The Morgan fingerprint density at radius 3 is 2.12 bits per heavy atom. The minimum Gasteiger partial charge on any atom is -1.00 e. The summed E-state index contributed by atoms with van der Waals surface area (Å²) in [4.78, 5) is 0. The monoisotopic (exact) mass is 204 g/mol. The predicted molar refractivity (Wildman–Crippen MR) is 32.8 cm³/mol. The minimum atomic E-state index is 0. The van der Waals surface area contributed by atoms with E-state index in [1.165, 1.54) is 0 Å². The Kier molecular flexibility index (Phi) is 31.5. The first-order chi connectivity index (χ1) is 2.91. The van der Waals surface area contributed by atoms with Gasteiger partial charge in [-0.1, -0.05) is 0 Å². The van der Waals surface area contributed by atoms with Gasteiger partial charge in [-0.3, -0.25) is 0 Å². The molecule has 0 spiro atoms. The first-order valence-electron chi connectivity index (χ1n) is 1.87. The van der Waals surface area contributed by atoms with Crippen LogP contribution in [0.5, 0.6) is 0 Å². The zero-order chi connectivity index (χ0) is 4.83. The predicted octanol–water partition coefficient (Wildman–Crippen LogP) is -1.78. The van der Waals surface area contributed by atoms with Crippen LogP contribution in [-0.4, -0.2) is 28.9 Å². The molecule has 42 valence electrons. The Morgan fingerprint density at radius 2 is 2.00 bits per heavy atom. The van der Waals surface area contributed by atoms with Gasteiger partial charge in [-0.05, 0) is 12.8 Å². The second-order valence-electron chi connectivity index (χ2n) is 0.969. The van der Waals surface area contributed by atoms with Gasteiger partial charge in [0.25, 0.3) is 0 Å². The van der Waals surface area contributed by atoms with Crippen molar-refractivity contribution in [3.8, 4) is 5.92 Å². The summed E-state index contributed by atoms with van der Waals surface area (Å²) in [6, 6.07) is 0. The van der Waals surface area contributed by atoms with Gasteiger partial charge in [-0.15, -0.1) is 11.6 Å². The van der Waals surface area contributed by atoms with E-state index < -0.39 is 0 Å². The third-order valence-electron chi connectivity index (χ3n) is 0.435. The van der Waals surface area contributed by atoms with Crippen LogP contribution in [0.3, 0.4) is 0 Å². The van der Waals surface area contributed by atoms with Gasteiger partial charge in [-0.25, -0.2) is 0 Å². The second-order valence-corrected chi connectivity index (χ2v) is 1.35. The molecule has 0 saturated carbocycles. The normalized spacial score (nSPS) is 5.50. The van der Waals surface area contributed by atoms with Crippen molar-refractivity contribution in [3.05, 3.63) is 6.42 Å². The average molecular weight is 206 g/mol. The Morgan fingerprint density at radius 1 is 1.50 bits per heavy atom. The van der Waals surface area contributed by atoms with Crippen LogP contribution in [0.1, 0.15) is 12.8 Å². The number of unbranched alkanes of at least 4 members (excludes halogenated alkanes) is 1. The average Bonchev–Trinajstić information content (AvgIpc) is 1.61. The number of hydrogen-bond acceptors (Lipinski definition) is 0. The van der Waals surface area contributed by atoms with E-state index in [0.717, 1.165) is 6.42 Å². The first-order valence-corrected chi connectivity index (χ1v) is 2.41.